The lowest BCUT2D eigenvalue weighted by atomic mass is 9.80. The van der Waals surface area contributed by atoms with Crippen LogP contribution in [0.5, 0.6) is 0 Å². The van der Waals surface area contributed by atoms with Gasteiger partial charge in [0.1, 0.15) is 0 Å². The third-order valence-corrected chi connectivity index (χ3v) is 3.38. The molecule has 0 saturated carbocycles. The Balaban J connectivity index is 2.67. The SMILES string of the molecule is Cc1ccc2c(c1C)C(=O)CCC2C. The van der Waals surface area contributed by atoms with Crippen molar-refractivity contribution in [1.29, 1.82) is 0 Å². The fourth-order valence-corrected chi connectivity index (χ4v) is 2.25. The Morgan fingerprint density at radius 2 is 2.00 bits per heavy atom. The highest BCUT2D eigenvalue weighted by Gasteiger charge is 2.24. The van der Waals surface area contributed by atoms with E-state index < -0.39 is 0 Å². The molecule has 1 aromatic rings. The summed E-state index contributed by atoms with van der Waals surface area (Å²) in [5.74, 6) is 0.876. The van der Waals surface area contributed by atoms with Gasteiger partial charge in [-0.2, -0.15) is 0 Å². The molecule has 0 aromatic heterocycles. The van der Waals surface area contributed by atoms with Crippen molar-refractivity contribution < 1.29 is 4.79 Å². The summed E-state index contributed by atoms with van der Waals surface area (Å²) in [4.78, 5) is 11.8. The van der Waals surface area contributed by atoms with Gasteiger partial charge in [-0.3, -0.25) is 4.79 Å². The first-order valence-corrected chi connectivity index (χ1v) is 5.24. The maximum Gasteiger partial charge on any atom is 0.163 e. The van der Waals surface area contributed by atoms with Crippen molar-refractivity contribution in [2.75, 3.05) is 0 Å². The van der Waals surface area contributed by atoms with Gasteiger partial charge in [-0.05, 0) is 42.9 Å². The maximum atomic E-state index is 11.8. The Hall–Kier alpha value is -1.11. The van der Waals surface area contributed by atoms with E-state index in [0.717, 1.165) is 18.4 Å². The van der Waals surface area contributed by atoms with Gasteiger partial charge in [-0.15, -0.1) is 0 Å². The lowest BCUT2D eigenvalue weighted by Crippen LogP contribution is -2.16. The van der Waals surface area contributed by atoms with E-state index >= 15 is 0 Å². The van der Waals surface area contributed by atoms with Crippen LogP contribution in [0.15, 0.2) is 12.1 Å². The fourth-order valence-electron chi connectivity index (χ4n) is 2.25. The van der Waals surface area contributed by atoms with Gasteiger partial charge < -0.3 is 0 Å². The highest BCUT2D eigenvalue weighted by atomic mass is 16.1. The van der Waals surface area contributed by atoms with Gasteiger partial charge in [0.2, 0.25) is 0 Å². The third-order valence-electron chi connectivity index (χ3n) is 3.38. The molecular formula is C13H16O. The third kappa shape index (κ3) is 1.28. The highest BCUT2D eigenvalue weighted by molar-refractivity contribution is 6.00. The number of ketones is 1. The van der Waals surface area contributed by atoms with Crippen LogP contribution in [0.2, 0.25) is 0 Å². The molecule has 0 N–H and O–H groups in total. The Kier molecular flexibility index (Phi) is 2.18. The minimum absolute atomic E-state index is 0.333. The molecule has 0 bridgehead atoms. The minimum Gasteiger partial charge on any atom is -0.294 e. The first kappa shape index (κ1) is 9.45. The smallest absolute Gasteiger partial charge is 0.163 e. The Labute approximate surface area is 85.1 Å². The Bertz CT molecular complexity index is 390. The van der Waals surface area contributed by atoms with Gasteiger partial charge in [0, 0.05) is 12.0 Å². The first-order valence-electron chi connectivity index (χ1n) is 5.24. The van der Waals surface area contributed by atoms with E-state index in [1.54, 1.807) is 0 Å². The van der Waals surface area contributed by atoms with E-state index in [9.17, 15) is 4.79 Å². The van der Waals surface area contributed by atoms with Gasteiger partial charge in [0.25, 0.3) is 0 Å². The molecule has 14 heavy (non-hydrogen) atoms. The van der Waals surface area contributed by atoms with Crippen LogP contribution in [0.1, 0.15) is 52.7 Å². The molecule has 1 aliphatic rings. The molecule has 0 amide bonds. The zero-order valence-electron chi connectivity index (χ0n) is 9.05. The van der Waals surface area contributed by atoms with E-state index in [1.165, 1.54) is 16.7 Å². The average Bonchev–Trinajstić information content (AvgIpc) is 2.16. The largest absolute Gasteiger partial charge is 0.294 e. The molecule has 0 fully saturated rings. The molecule has 1 unspecified atom stereocenters. The van der Waals surface area contributed by atoms with Crippen molar-refractivity contribution in [3.05, 3.63) is 34.4 Å². The minimum atomic E-state index is 0.333. The van der Waals surface area contributed by atoms with Crippen LogP contribution >= 0.6 is 0 Å². The summed E-state index contributed by atoms with van der Waals surface area (Å²) in [7, 11) is 0. The molecule has 0 spiro atoms. The molecule has 0 saturated heterocycles. The van der Waals surface area contributed by atoms with Crippen molar-refractivity contribution in [3.63, 3.8) is 0 Å². The van der Waals surface area contributed by atoms with E-state index in [2.05, 4.69) is 32.9 Å². The second-order valence-corrected chi connectivity index (χ2v) is 4.33. The van der Waals surface area contributed by atoms with Crippen molar-refractivity contribution in [2.45, 2.75) is 39.5 Å². The zero-order chi connectivity index (χ0) is 10.3. The molecule has 1 heteroatoms. The molecular weight excluding hydrogens is 172 g/mol. The van der Waals surface area contributed by atoms with Crippen LogP contribution in [-0.4, -0.2) is 5.78 Å². The molecule has 0 aliphatic heterocycles. The summed E-state index contributed by atoms with van der Waals surface area (Å²) in [5.41, 5.74) is 4.67. The molecule has 2 rings (SSSR count). The molecule has 1 nitrogen and oxygen atoms in total. The van der Waals surface area contributed by atoms with Gasteiger partial charge in [0.15, 0.2) is 5.78 Å². The molecule has 0 heterocycles. The molecule has 74 valence electrons. The van der Waals surface area contributed by atoms with E-state index in [1.807, 2.05) is 0 Å². The molecule has 1 atom stereocenters. The normalized spacial score (nSPS) is 20.8. The number of hydrogen-bond acceptors (Lipinski definition) is 1. The first-order chi connectivity index (χ1) is 6.61. The Morgan fingerprint density at radius 3 is 2.71 bits per heavy atom. The molecule has 0 radical (unpaired) electrons. The van der Waals surface area contributed by atoms with Crippen LogP contribution in [-0.2, 0) is 0 Å². The Morgan fingerprint density at radius 1 is 1.29 bits per heavy atom. The summed E-state index contributed by atoms with van der Waals surface area (Å²) < 4.78 is 0. The number of carbonyl (C=O) groups excluding carboxylic acids is 1. The summed E-state index contributed by atoms with van der Waals surface area (Å²) in [5, 5.41) is 0. The summed E-state index contributed by atoms with van der Waals surface area (Å²) in [6.45, 7) is 6.34. The van der Waals surface area contributed by atoms with Crippen LogP contribution in [0.4, 0.5) is 0 Å². The molecule has 1 aliphatic carbocycles. The quantitative estimate of drug-likeness (QED) is 0.610. The number of fused-ring (bicyclic) bond motifs is 1. The standard InChI is InChI=1S/C13H16O/c1-8-4-6-11-9(2)5-7-12(14)13(11)10(8)3/h4,6,9H,5,7H2,1-3H3. The van der Waals surface area contributed by atoms with Crippen molar-refractivity contribution in [1.82, 2.24) is 0 Å². The number of hydrogen-bond donors (Lipinski definition) is 0. The highest BCUT2D eigenvalue weighted by Crippen LogP contribution is 2.33. The lowest BCUT2D eigenvalue weighted by Gasteiger charge is -2.23. The zero-order valence-corrected chi connectivity index (χ0v) is 9.05. The van der Waals surface area contributed by atoms with Crippen molar-refractivity contribution >= 4 is 5.78 Å². The van der Waals surface area contributed by atoms with Crippen LogP contribution in [0.3, 0.4) is 0 Å². The van der Waals surface area contributed by atoms with E-state index in [-0.39, 0.29) is 0 Å². The van der Waals surface area contributed by atoms with Crippen LogP contribution in [0.25, 0.3) is 0 Å². The van der Waals surface area contributed by atoms with Crippen LogP contribution < -0.4 is 0 Å². The second kappa shape index (κ2) is 3.23. The fraction of sp³-hybridized carbons (Fsp3) is 0.462. The lowest BCUT2D eigenvalue weighted by molar-refractivity contribution is 0.0967. The number of aryl methyl sites for hydroxylation is 1. The number of carbonyl (C=O) groups is 1. The van der Waals surface area contributed by atoms with E-state index in [0.29, 0.717) is 11.7 Å². The monoisotopic (exact) mass is 188 g/mol. The summed E-state index contributed by atoms with van der Waals surface area (Å²) in [6, 6.07) is 4.25. The second-order valence-electron chi connectivity index (χ2n) is 4.33. The number of Topliss-reactive ketones (excluding diaryl/α,β-unsaturated/α-hetero) is 1. The van der Waals surface area contributed by atoms with Crippen molar-refractivity contribution in [3.8, 4) is 0 Å². The number of rotatable bonds is 0. The predicted octanol–water partition coefficient (Wildman–Crippen LogP) is 3.38. The van der Waals surface area contributed by atoms with Gasteiger partial charge in [-0.1, -0.05) is 19.1 Å². The molecule has 1 aromatic carbocycles. The number of benzene rings is 1. The van der Waals surface area contributed by atoms with Gasteiger partial charge in [-0.25, -0.2) is 0 Å². The topological polar surface area (TPSA) is 17.1 Å². The summed E-state index contributed by atoms with van der Waals surface area (Å²) >= 11 is 0. The van der Waals surface area contributed by atoms with Gasteiger partial charge >= 0.3 is 0 Å². The summed E-state index contributed by atoms with van der Waals surface area (Å²) in [6.07, 6.45) is 1.73. The average molecular weight is 188 g/mol. The van der Waals surface area contributed by atoms with Crippen LogP contribution in [0, 0.1) is 13.8 Å². The predicted molar refractivity (Wildman–Crippen MR) is 57.9 cm³/mol. The van der Waals surface area contributed by atoms with Crippen molar-refractivity contribution in [2.24, 2.45) is 0 Å². The van der Waals surface area contributed by atoms with E-state index in [4.69, 9.17) is 0 Å². The van der Waals surface area contributed by atoms with Gasteiger partial charge in [0.05, 0.1) is 0 Å². The maximum absolute atomic E-state index is 11.8.